The van der Waals surface area contributed by atoms with Gasteiger partial charge in [-0.1, -0.05) is 174 Å². The quantitative estimate of drug-likeness (QED) is 0.0343. The second-order valence-electron chi connectivity index (χ2n) is 14.3. The number of carbonyl (C=O) groups is 2. The molecule has 3 N–H and O–H groups in total. The topological polar surface area (TPSA) is 95.9 Å². The lowest BCUT2D eigenvalue weighted by atomic mass is 10.0. The summed E-state index contributed by atoms with van der Waals surface area (Å²) in [7, 11) is 0. The normalized spacial score (nSPS) is 12.8. The molecule has 0 aliphatic heterocycles. The van der Waals surface area contributed by atoms with Gasteiger partial charge in [0.1, 0.15) is 0 Å². The molecular formula is C42H81NO5. The van der Waals surface area contributed by atoms with E-state index in [0.29, 0.717) is 25.9 Å². The summed E-state index contributed by atoms with van der Waals surface area (Å²) in [4.78, 5) is 24.3. The number of hydrogen-bond acceptors (Lipinski definition) is 5. The summed E-state index contributed by atoms with van der Waals surface area (Å²) in [5.41, 5.74) is 0. The second-order valence-corrected chi connectivity index (χ2v) is 14.3. The van der Waals surface area contributed by atoms with E-state index in [1.807, 2.05) is 0 Å². The molecule has 0 spiro atoms. The number of hydrogen-bond donors (Lipinski definition) is 3. The van der Waals surface area contributed by atoms with Crippen LogP contribution < -0.4 is 5.32 Å². The van der Waals surface area contributed by atoms with E-state index < -0.39 is 12.1 Å². The van der Waals surface area contributed by atoms with Crippen LogP contribution in [-0.2, 0) is 14.3 Å². The van der Waals surface area contributed by atoms with E-state index in [4.69, 9.17) is 4.74 Å². The first-order valence-electron chi connectivity index (χ1n) is 20.9. The van der Waals surface area contributed by atoms with Crippen molar-refractivity contribution in [3.8, 4) is 0 Å². The maximum atomic E-state index is 12.3. The average Bonchev–Trinajstić information content (AvgIpc) is 3.08. The minimum absolute atomic E-state index is 0.0353. The predicted molar refractivity (Wildman–Crippen MR) is 204 cm³/mol. The maximum absolute atomic E-state index is 12.3. The number of allylic oxidation sites excluding steroid dienone is 2. The number of aliphatic hydroxyl groups excluding tert-OH is 2. The average molecular weight is 680 g/mol. The number of unbranched alkanes of at least 4 members (excludes halogenated alkanes) is 25. The van der Waals surface area contributed by atoms with E-state index in [2.05, 4.69) is 31.3 Å². The van der Waals surface area contributed by atoms with E-state index in [0.717, 1.165) is 70.6 Å². The van der Waals surface area contributed by atoms with Crippen molar-refractivity contribution in [1.29, 1.82) is 0 Å². The fourth-order valence-electron chi connectivity index (χ4n) is 6.29. The number of rotatable bonds is 38. The largest absolute Gasteiger partial charge is 0.466 e. The fraction of sp³-hybridized carbons (Fsp3) is 0.905. The molecule has 0 rings (SSSR count). The van der Waals surface area contributed by atoms with Crippen molar-refractivity contribution in [1.82, 2.24) is 5.32 Å². The Morgan fingerprint density at radius 2 is 1.00 bits per heavy atom. The third kappa shape index (κ3) is 34.5. The van der Waals surface area contributed by atoms with Crippen LogP contribution in [0, 0.1) is 0 Å². The molecule has 0 fully saturated rings. The van der Waals surface area contributed by atoms with Crippen LogP contribution in [0.2, 0.25) is 0 Å². The third-order valence-electron chi connectivity index (χ3n) is 9.56. The van der Waals surface area contributed by atoms with E-state index in [1.54, 1.807) is 0 Å². The van der Waals surface area contributed by atoms with Crippen LogP contribution in [0.5, 0.6) is 0 Å². The summed E-state index contributed by atoms with van der Waals surface area (Å²) in [6, 6.07) is -0.574. The molecule has 2 unspecified atom stereocenters. The molecule has 0 heterocycles. The van der Waals surface area contributed by atoms with Gasteiger partial charge in [0.05, 0.1) is 25.4 Å². The van der Waals surface area contributed by atoms with Crippen molar-refractivity contribution in [2.45, 2.75) is 231 Å². The molecule has 0 saturated carbocycles. The van der Waals surface area contributed by atoms with Crippen LogP contribution in [0.3, 0.4) is 0 Å². The molecule has 2 atom stereocenters. The number of aliphatic hydroxyl groups is 2. The van der Waals surface area contributed by atoms with Gasteiger partial charge in [-0.05, 0) is 44.9 Å². The van der Waals surface area contributed by atoms with Gasteiger partial charge >= 0.3 is 5.97 Å². The molecule has 48 heavy (non-hydrogen) atoms. The van der Waals surface area contributed by atoms with Gasteiger partial charge in [-0.25, -0.2) is 0 Å². The van der Waals surface area contributed by atoms with Crippen LogP contribution in [0.4, 0.5) is 0 Å². The Labute approximate surface area is 298 Å². The van der Waals surface area contributed by atoms with Gasteiger partial charge in [0.2, 0.25) is 5.91 Å². The molecule has 0 aromatic rings. The summed E-state index contributed by atoms with van der Waals surface area (Å²) in [5, 5.41) is 22.9. The van der Waals surface area contributed by atoms with Gasteiger partial charge in [-0.2, -0.15) is 0 Å². The molecule has 0 bridgehead atoms. The Morgan fingerprint density at radius 3 is 1.52 bits per heavy atom. The van der Waals surface area contributed by atoms with Crippen LogP contribution in [-0.4, -0.2) is 47.4 Å². The molecule has 1 amide bonds. The van der Waals surface area contributed by atoms with E-state index >= 15 is 0 Å². The summed E-state index contributed by atoms with van der Waals surface area (Å²) in [5.74, 6) is -0.134. The highest BCUT2D eigenvalue weighted by Gasteiger charge is 2.19. The third-order valence-corrected chi connectivity index (χ3v) is 9.56. The van der Waals surface area contributed by atoms with Crippen molar-refractivity contribution in [3.05, 3.63) is 12.2 Å². The van der Waals surface area contributed by atoms with Gasteiger partial charge in [0.25, 0.3) is 0 Å². The summed E-state index contributed by atoms with van der Waals surface area (Å²) in [6.45, 7) is 4.82. The standard InChI is InChI=1S/C42H81NO5/c1-3-5-7-9-11-13-14-15-16-20-24-28-32-36-42(47)48-37-33-29-25-21-17-19-23-27-31-35-41(46)43-39(38-44)40(45)34-30-26-22-18-12-10-8-6-4-2/h19,23,39-40,44-45H,3-18,20-22,24-38H2,1-2H3,(H,43,46)/b23-19-. The summed E-state index contributed by atoms with van der Waals surface area (Å²) >= 11 is 0. The highest BCUT2D eigenvalue weighted by atomic mass is 16.5. The SMILES string of the molecule is CCCCCCCCCCCCCCCC(=O)OCCCCCC/C=C\CCCC(=O)NC(CO)C(O)CCCCCCCCCCC. The minimum Gasteiger partial charge on any atom is -0.466 e. The number of ether oxygens (including phenoxy) is 1. The lowest BCUT2D eigenvalue weighted by Gasteiger charge is -2.22. The molecule has 284 valence electrons. The van der Waals surface area contributed by atoms with Crippen LogP contribution in [0.15, 0.2) is 12.2 Å². The molecule has 0 radical (unpaired) electrons. The van der Waals surface area contributed by atoms with Gasteiger partial charge in [-0.15, -0.1) is 0 Å². The van der Waals surface area contributed by atoms with Crippen LogP contribution >= 0.6 is 0 Å². The molecule has 6 heteroatoms. The Kier molecular flexibility index (Phi) is 37.3. The molecule has 0 saturated heterocycles. The summed E-state index contributed by atoms with van der Waals surface area (Å²) in [6.07, 6.45) is 40.3. The second kappa shape index (κ2) is 38.4. The first kappa shape index (κ1) is 46.6. The fourth-order valence-corrected chi connectivity index (χ4v) is 6.29. The van der Waals surface area contributed by atoms with Crippen LogP contribution in [0.1, 0.15) is 219 Å². The highest BCUT2D eigenvalue weighted by Crippen LogP contribution is 2.15. The zero-order valence-electron chi connectivity index (χ0n) is 32.0. The Hall–Kier alpha value is -1.40. The predicted octanol–water partition coefficient (Wildman–Crippen LogP) is 11.4. The lowest BCUT2D eigenvalue weighted by molar-refractivity contribution is -0.143. The lowest BCUT2D eigenvalue weighted by Crippen LogP contribution is -2.45. The summed E-state index contributed by atoms with van der Waals surface area (Å²) < 4.78 is 5.41. The zero-order chi connectivity index (χ0) is 35.2. The smallest absolute Gasteiger partial charge is 0.305 e. The molecular weight excluding hydrogens is 598 g/mol. The van der Waals surface area contributed by atoms with Gasteiger partial charge in [-0.3, -0.25) is 9.59 Å². The van der Waals surface area contributed by atoms with E-state index in [-0.39, 0.29) is 18.5 Å². The van der Waals surface area contributed by atoms with Gasteiger partial charge in [0.15, 0.2) is 0 Å². The number of amides is 1. The number of esters is 1. The monoisotopic (exact) mass is 680 g/mol. The minimum atomic E-state index is -0.690. The maximum Gasteiger partial charge on any atom is 0.305 e. The van der Waals surface area contributed by atoms with Gasteiger partial charge in [0, 0.05) is 12.8 Å². The van der Waals surface area contributed by atoms with Crippen molar-refractivity contribution in [3.63, 3.8) is 0 Å². The Bertz CT molecular complexity index is 712. The van der Waals surface area contributed by atoms with Crippen molar-refractivity contribution >= 4 is 11.9 Å². The first-order chi connectivity index (χ1) is 23.5. The zero-order valence-corrected chi connectivity index (χ0v) is 32.0. The molecule has 0 aliphatic rings. The van der Waals surface area contributed by atoms with Gasteiger partial charge < -0.3 is 20.3 Å². The van der Waals surface area contributed by atoms with E-state index in [9.17, 15) is 19.8 Å². The first-order valence-corrected chi connectivity index (χ1v) is 20.9. The Morgan fingerprint density at radius 1 is 0.562 bits per heavy atom. The van der Waals surface area contributed by atoms with Crippen LogP contribution in [0.25, 0.3) is 0 Å². The Balaban J connectivity index is 3.54. The van der Waals surface area contributed by atoms with Crippen molar-refractivity contribution in [2.75, 3.05) is 13.2 Å². The molecule has 0 aromatic heterocycles. The molecule has 0 aliphatic carbocycles. The number of nitrogens with one attached hydrogen (secondary N) is 1. The van der Waals surface area contributed by atoms with E-state index in [1.165, 1.54) is 116 Å². The molecule has 0 aromatic carbocycles. The van der Waals surface area contributed by atoms with Crippen molar-refractivity contribution < 1.29 is 24.5 Å². The molecule has 6 nitrogen and oxygen atoms in total. The number of carbonyl (C=O) groups excluding carboxylic acids is 2. The highest BCUT2D eigenvalue weighted by molar-refractivity contribution is 5.76. The van der Waals surface area contributed by atoms with Crippen molar-refractivity contribution in [2.24, 2.45) is 0 Å².